The molecule has 0 saturated carbocycles. The Hall–Kier alpha value is -0.890. The predicted molar refractivity (Wildman–Crippen MR) is 68.7 cm³/mol. The molecule has 1 N–H and O–H groups in total. The summed E-state index contributed by atoms with van der Waals surface area (Å²) in [4.78, 5) is 1.97. The second-order valence-corrected chi connectivity index (χ2v) is 7.12. The number of rotatable bonds is 2. The van der Waals surface area contributed by atoms with Crippen molar-refractivity contribution in [1.82, 2.24) is 14.8 Å². The molecule has 1 saturated heterocycles. The van der Waals surface area contributed by atoms with Gasteiger partial charge in [0.25, 0.3) is 0 Å². The number of H-pyrrole nitrogens is 1. The summed E-state index contributed by atoms with van der Waals surface area (Å²) in [6, 6.07) is 0.204. The van der Waals surface area contributed by atoms with Crippen LogP contribution in [0.1, 0.15) is 19.9 Å². The summed E-state index contributed by atoms with van der Waals surface area (Å²) in [5, 5.41) is 6.95. The minimum absolute atomic E-state index is 0.185. The Kier molecular flexibility index (Phi) is 3.26. The summed E-state index contributed by atoms with van der Waals surface area (Å²) in [6.07, 6.45) is 0. The van der Waals surface area contributed by atoms with Crippen LogP contribution in [0.25, 0.3) is 0 Å². The number of nitrogens with one attached hydrogen (secondary N) is 1. The van der Waals surface area contributed by atoms with E-state index in [1.54, 1.807) is 0 Å². The molecule has 0 amide bonds. The molecule has 6 nitrogen and oxygen atoms in total. The smallest absolute Gasteiger partial charge is 0.226 e. The van der Waals surface area contributed by atoms with Crippen LogP contribution in [0.4, 0.5) is 5.95 Å². The van der Waals surface area contributed by atoms with E-state index < -0.39 is 9.84 Å². The molecule has 1 aliphatic rings. The molecule has 0 bridgehead atoms. The standard InChI is InChI=1S/C9H16N4O2S2/c1-7(2)13-8(10-11-9(13)16)12-3-5-17(14,15)6-4-12/h7H,3-6H2,1-2H3,(H,11,16). The lowest BCUT2D eigenvalue weighted by atomic mass is 10.4. The first-order chi connectivity index (χ1) is 7.91. The summed E-state index contributed by atoms with van der Waals surface area (Å²) in [5.41, 5.74) is 0. The van der Waals surface area contributed by atoms with Gasteiger partial charge >= 0.3 is 0 Å². The second-order valence-electron chi connectivity index (χ2n) is 4.43. The zero-order valence-electron chi connectivity index (χ0n) is 9.88. The first-order valence-corrected chi connectivity index (χ1v) is 7.76. The Morgan fingerprint density at radius 2 is 1.94 bits per heavy atom. The summed E-state index contributed by atoms with van der Waals surface area (Å²) < 4.78 is 25.2. The van der Waals surface area contributed by atoms with E-state index in [-0.39, 0.29) is 17.5 Å². The Labute approximate surface area is 106 Å². The Balaban J connectivity index is 2.28. The molecule has 0 atom stereocenters. The van der Waals surface area contributed by atoms with Crippen molar-refractivity contribution in [3.05, 3.63) is 4.77 Å². The number of hydrogen-bond donors (Lipinski definition) is 1. The average molecular weight is 276 g/mol. The highest BCUT2D eigenvalue weighted by molar-refractivity contribution is 7.91. The molecule has 0 aromatic carbocycles. The number of anilines is 1. The first-order valence-electron chi connectivity index (χ1n) is 5.53. The van der Waals surface area contributed by atoms with Crippen LogP contribution in [0.3, 0.4) is 0 Å². The number of nitrogens with zero attached hydrogens (tertiary/aromatic N) is 3. The van der Waals surface area contributed by atoms with Crippen molar-refractivity contribution in [2.45, 2.75) is 19.9 Å². The van der Waals surface area contributed by atoms with Crippen molar-refractivity contribution in [2.24, 2.45) is 0 Å². The van der Waals surface area contributed by atoms with Crippen LogP contribution >= 0.6 is 12.2 Å². The molecule has 8 heteroatoms. The van der Waals surface area contributed by atoms with Gasteiger partial charge in [-0.15, -0.1) is 5.10 Å². The summed E-state index contributed by atoms with van der Waals surface area (Å²) in [6.45, 7) is 5.01. The van der Waals surface area contributed by atoms with Gasteiger partial charge in [-0.1, -0.05) is 0 Å². The molecular weight excluding hydrogens is 260 g/mol. The molecule has 1 aromatic heterocycles. The van der Waals surface area contributed by atoms with Gasteiger partial charge in [-0.3, -0.25) is 4.57 Å². The molecule has 1 aromatic rings. The number of hydrogen-bond acceptors (Lipinski definition) is 5. The zero-order chi connectivity index (χ0) is 12.6. The Bertz CT molecular complexity index is 544. The molecule has 0 spiro atoms. The normalized spacial score (nSPS) is 19.8. The van der Waals surface area contributed by atoms with Gasteiger partial charge in [-0.25, -0.2) is 13.5 Å². The maximum Gasteiger partial charge on any atom is 0.226 e. The van der Waals surface area contributed by atoms with Gasteiger partial charge in [-0.2, -0.15) is 0 Å². The third-order valence-corrected chi connectivity index (χ3v) is 4.73. The van der Waals surface area contributed by atoms with Crippen LogP contribution in [0, 0.1) is 4.77 Å². The van der Waals surface area contributed by atoms with E-state index in [9.17, 15) is 8.42 Å². The second kappa shape index (κ2) is 4.41. The fourth-order valence-electron chi connectivity index (χ4n) is 1.90. The van der Waals surface area contributed by atoms with Gasteiger partial charge in [0.15, 0.2) is 14.6 Å². The SMILES string of the molecule is CC(C)n1c(N2CCS(=O)(=O)CC2)n[nH]c1=S. The number of sulfone groups is 1. The van der Waals surface area contributed by atoms with Crippen LogP contribution < -0.4 is 4.90 Å². The third kappa shape index (κ3) is 2.52. The van der Waals surface area contributed by atoms with Gasteiger partial charge < -0.3 is 4.90 Å². The topological polar surface area (TPSA) is 71.0 Å². The highest BCUT2D eigenvalue weighted by atomic mass is 32.2. The quantitative estimate of drug-likeness (QED) is 0.807. The molecule has 2 heterocycles. The minimum atomic E-state index is -2.86. The number of aromatic nitrogens is 3. The lowest BCUT2D eigenvalue weighted by Crippen LogP contribution is -2.41. The maximum absolute atomic E-state index is 11.4. The van der Waals surface area contributed by atoms with E-state index in [0.717, 1.165) is 5.95 Å². The fourth-order valence-corrected chi connectivity index (χ4v) is 3.44. The highest BCUT2D eigenvalue weighted by Gasteiger charge is 2.25. The van der Waals surface area contributed by atoms with E-state index >= 15 is 0 Å². The van der Waals surface area contributed by atoms with Gasteiger partial charge in [-0.05, 0) is 26.1 Å². The fraction of sp³-hybridized carbons (Fsp3) is 0.778. The van der Waals surface area contributed by atoms with Gasteiger partial charge in [0.2, 0.25) is 5.95 Å². The Morgan fingerprint density at radius 1 is 1.35 bits per heavy atom. The number of aromatic amines is 1. The van der Waals surface area contributed by atoms with E-state index in [2.05, 4.69) is 10.2 Å². The van der Waals surface area contributed by atoms with E-state index in [0.29, 0.717) is 17.9 Å². The lowest BCUT2D eigenvalue weighted by molar-refractivity contribution is 0.567. The monoisotopic (exact) mass is 276 g/mol. The molecule has 17 heavy (non-hydrogen) atoms. The van der Waals surface area contributed by atoms with E-state index in [1.807, 2.05) is 23.3 Å². The molecule has 96 valence electrons. The molecular formula is C9H16N4O2S2. The van der Waals surface area contributed by atoms with Crippen LogP contribution in [0.5, 0.6) is 0 Å². The van der Waals surface area contributed by atoms with Crippen molar-refractivity contribution < 1.29 is 8.42 Å². The van der Waals surface area contributed by atoms with Crippen LogP contribution in [-0.2, 0) is 9.84 Å². The maximum atomic E-state index is 11.4. The molecule has 1 fully saturated rings. The van der Waals surface area contributed by atoms with Crippen molar-refractivity contribution in [1.29, 1.82) is 0 Å². The van der Waals surface area contributed by atoms with Crippen molar-refractivity contribution in [3.8, 4) is 0 Å². The molecule has 0 aliphatic carbocycles. The lowest BCUT2D eigenvalue weighted by Gasteiger charge is -2.28. The zero-order valence-corrected chi connectivity index (χ0v) is 11.5. The first kappa shape index (κ1) is 12.6. The van der Waals surface area contributed by atoms with Crippen LogP contribution in [0.2, 0.25) is 0 Å². The molecule has 1 aliphatic heterocycles. The summed E-state index contributed by atoms with van der Waals surface area (Å²) in [7, 11) is -2.86. The van der Waals surface area contributed by atoms with Gasteiger partial charge in [0.1, 0.15) is 0 Å². The van der Waals surface area contributed by atoms with Crippen molar-refractivity contribution in [3.63, 3.8) is 0 Å². The summed E-state index contributed by atoms with van der Waals surface area (Å²) >= 11 is 5.16. The third-order valence-electron chi connectivity index (χ3n) is 2.83. The van der Waals surface area contributed by atoms with Gasteiger partial charge in [0.05, 0.1) is 11.5 Å². The van der Waals surface area contributed by atoms with Crippen molar-refractivity contribution in [2.75, 3.05) is 29.5 Å². The molecule has 0 radical (unpaired) electrons. The van der Waals surface area contributed by atoms with E-state index in [4.69, 9.17) is 12.2 Å². The Morgan fingerprint density at radius 3 is 2.47 bits per heavy atom. The average Bonchev–Trinajstić information content (AvgIpc) is 2.60. The minimum Gasteiger partial charge on any atom is -0.339 e. The largest absolute Gasteiger partial charge is 0.339 e. The van der Waals surface area contributed by atoms with Gasteiger partial charge in [0, 0.05) is 19.1 Å². The summed E-state index contributed by atoms with van der Waals surface area (Å²) in [5.74, 6) is 1.11. The highest BCUT2D eigenvalue weighted by Crippen LogP contribution is 2.19. The predicted octanol–water partition coefficient (Wildman–Crippen LogP) is 0.756. The van der Waals surface area contributed by atoms with Crippen LogP contribution in [-0.4, -0.2) is 47.8 Å². The van der Waals surface area contributed by atoms with Crippen molar-refractivity contribution >= 4 is 28.0 Å². The molecule has 0 unspecified atom stereocenters. The van der Waals surface area contributed by atoms with E-state index in [1.165, 1.54) is 0 Å². The van der Waals surface area contributed by atoms with Crippen LogP contribution in [0.15, 0.2) is 0 Å². The molecule has 2 rings (SSSR count).